The highest BCUT2D eigenvalue weighted by Crippen LogP contribution is 2.21. The van der Waals surface area contributed by atoms with Crippen LogP contribution in [0.5, 0.6) is 0 Å². The standard InChI is InChI=1S/C14H17BrFN3/c1-10(11-3-4-14(16)13(15)9-11)17-7-5-12-6-8-18-19(12)2/h3-4,6,8-10,17H,5,7H2,1-2H3. The van der Waals surface area contributed by atoms with Gasteiger partial charge in [0.2, 0.25) is 0 Å². The molecule has 1 unspecified atom stereocenters. The zero-order chi connectivity index (χ0) is 13.8. The third kappa shape index (κ3) is 3.64. The van der Waals surface area contributed by atoms with E-state index in [0.29, 0.717) is 4.47 Å². The fraction of sp³-hybridized carbons (Fsp3) is 0.357. The maximum absolute atomic E-state index is 13.2. The summed E-state index contributed by atoms with van der Waals surface area (Å²) in [5.74, 6) is -0.231. The third-order valence-corrected chi connectivity index (χ3v) is 3.81. The fourth-order valence-electron chi connectivity index (χ4n) is 1.96. The Balaban J connectivity index is 1.89. The number of aryl methyl sites for hydroxylation is 1. The molecule has 0 aliphatic heterocycles. The van der Waals surface area contributed by atoms with Crippen LogP contribution in [0, 0.1) is 5.82 Å². The molecular weight excluding hydrogens is 309 g/mol. The number of halogens is 2. The Morgan fingerprint density at radius 2 is 2.21 bits per heavy atom. The highest BCUT2D eigenvalue weighted by atomic mass is 79.9. The van der Waals surface area contributed by atoms with Crippen molar-refractivity contribution in [1.29, 1.82) is 0 Å². The van der Waals surface area contributed by atoms with Gasteiger partial charge in [-0.15, -0.1) is 0 Å². The van der Waals surface area contributed by atoms with E-state index in [4.69, 9.17) is 0 Å². The minimum Gasteiger partial charge on any atom is -0.310 e. The van der Waals surface area contributed by atoms with E-state index in [2.05, 4.69) is 33.3 Å². The highest BCUT2D eigenvalue weighted by molar-refractivity contribution is 9.10. The molecule has 102 valence electrons. The molecule has 0 saturated carbocycles. The number of hydrogen-bond donors (Lipinski definition) is 1. The second kappa shape index (κ2) is 6.30. The van der Waals surface area contributed by atoms with E-state index < -0.39 is 0 Å². The molecule has 3 nitrogen and oxygen atoms in total. The van der Waals surface area contributed by atoms with Crippen LogP contribution in [0.2, 0.25) is 0 Å². The van der Waals surface area contributed by atoms with Crippen molar-refractivity contribution in [2.24, 2.45) is 7.05 Å². The topological polar surface area (TPSA) is 29.9 Å². The van der Waals surface area contributed by atoms with E-state index in [9.17, 15) is 4.39 Å². The Morgan fingerprint density at radius 3 is 2.84 bits per heavy atom. The molecule has 0 amide bonds. The summed E-state index contributed by atoms with van der Waals surface area (Å²) in [6.45, 7) is 2.93. The van der Waals surface area contributed by atoms with Gasteiger partial charge < -0.3 is 5.32 Å². The molecule has 0 saturated heterocycles. The number of nitrogens with one attached hydrogen (secondary N) is 1. The molecule has 1 N–H and O–H groups in total. The second-order valence-electron chi connectivity index (χ2n) is 4.55. The molecule has 2 aromatic rings. The van der Waals surface area contributed by atoms with Gasteiger partial charge in [-0.25, -0.2) is 4.39 Å². The molecule has 0 radical (unpaired) electrons. The first-order chi connectivity index (χ1) is 9.08. The van der Waals surface area contributed by atoms with Crippen LogP contribution in [0.25, 0.3) is 0 Å². The highest BCUT2D eigenvalue weighted by Gasteiger charge is 2.08. The lowest BCUT2D eigenvalue weighted by Crippen LogP contribution is -2.22. The SMILES string of the molecule is CC(NCCc1ccnn1C)c1ccc(F)c(Br)c1. The van der Waals surface area contributed by atoms with Gasteiger partial charge in [-0.05, 0) is 46.6 Å². The number of rotatable bonds is 5. The lowest BCUT2D eigenvalue weighted by molar-refractivity contribution is 0.560. The van der Waals surface area contributed by atoms with Crippen LogP contribution in [0.4, 0.5) is 4.39 Å². The molecule has 2 rings (SSSR count). The molecule has 0 bridgehead atoms. The molecule has 1 heterocycles. The van der Waals surface area contributed by atoms with Gasteiger partial charge in [0.05, 0.1) is 4.47 Å². The molecule has 1 atom stereocenters. The van der Waals surface area contributed by atoms with Crippen molar-refractivity contribution < 1.29 is 4.39 Å². The van der Waals surface area contributed by atoms with Crippen LogP contribution >= 0.6 is 15.9 Å². The molecule has 0 fully saturated rings. The maximum Gasteiger partial charge on any atom is 0.137 e. The van der Waals surface area contributed by atoms with Gasteiger partial charge in [0.25, 0.3) is 0 Å². The van der Waals surface area contributed by atoms with E-state index >= 15 is 0 Å². The van der Waals surface area contributed by atoms with Crippen molar-refractivity contribution in [1.82, 2.24) is 15.1 Å². The first-order valence-corrected chi connectivity index (χ1v) is 7.02. The summed E-state index contributed by atoms with van der Waals surface area (Å²) in [5, 5.41) is 7.56. The number of benzene rings is 1. The van der Waals surface area contributed by atoms with E-state index in [1.54, 1.807) is 6.20 Å². The van der Waals surface area contributed by atoms with E-state index in [1.165, 1.54) is 11.8 Å². The zero-order valence-corrected chi connectivity index (χ0v) is 12.6. The summed E-state index contributed by atoms with van der Waals surface area (Å²) in [4.78, 5) is 0. The van der Waals surface area contributed by atoms with Crippen molar-refractivity contribution in [2.45, 2.75) is 19.4 Å². The predicted octanol–water partition coefficient (Wildman–Crippen LogP) is 3.22. The smallest absolute Gasteiger partial charge is 0.137 e. The Kier molecular flexibility index (Phi) is 4.71. The quantitative estimate of drug-likeness (QED) is 0.914. The molecule has 19 heavy (non-hydrogen) atoms. The minimum absolute atomic E-state index is 0.185. The van der Waals surface area contributed by atoms with E-state index in [-0.39, 0.29) is 11.9 Å². The Hall–Kier alpha value is -1.20. The normalized spacial score (nSPS) is 12.6. The lowest BCUT2D eigenvalue weighted by Gasteiger charge is -2.14. The average molecular weight is 326 g/mol. The number of hydrogen-bond acceptors (Lipinski definition) is 2. The van der Waals surface area contributed by atoms with Gasteiger partial charge in [-0.1, -0.05) is 6.07 Å². The van der Waals surface area contributed by atoms with Crippen molar-refractivity contribution in [3.8, 4) is 0 Å². The van der Waals surface area contributed by atoms with Gasteiger partial charge in [0.1, 0.15) is 5.82 Å². The van der Waals surface area contributed by atoms with Crippen LogP contribution in [0.1, 0.15) is 24.2 Å². The maximum atomic E-state index is 13.2. The monoisotopic (exact) mass is 325 g/mol. The van der Waals surface area contributed by atoms with Crippen LogP contribution in [-0.4, -0.2) is 16.3 Å². The summed E-state index contributed by atoms with van der Waals surface area (Å²) in [5.41, 5.74) is 2.26. The average Bonchev–Trinajstić information content (AvgIpc) is 2.78. The predicted molar refractivity (Wildman–Crippen MR) is 77.4 cm³/mol. The van der Waals surface area contributed by atoms with Crippen molar-refractivity contribution in [2.75, 3.05) is 6.54 Å². The van der Waals surface area contributed by atoms with Crippen molar-refractivity contribution >= 4 is 15.9 Å². The van der Waals surface area contributed by atoms with E-state index in [0.717, 1.165) is 18.5 Å². The summed E-state index contributed by atoms with van der Waals surface area (Å²) >= 11 is 3.21. The van der Waals surface area contributed by atoms with Crippen molar-refractivity contribution in [3.63, 3.8) is 0 Å². The van der Waals surface area contributed by atoms with Gasteiger partial charge in [0.15, 0.2) is 0 Å². The second-order valence-corrected chi connectivity index (χ2v) is 5.40. The van der Waals surface area contributed by atoms with Gasteiger partial charge in [-0.3, -0.25) is 4.68 Å². The summed E-state index contributed by atoms with van der Waals surface area (Å²) in [6, 6.07) is 7.31. The molecule has 0 spiro atoms. The molecule has 1 aromatic heterocycles. The molecular formula is C14H17BrFN3. The number of nitrogens with zero attached hydrogens (tertiary/aromatic N) is 2. The first-order valence-electron chi connectivity index (χ1n) is 6.23. The van der Waals surface area contributed by atoms with Crippen LogP contribution in [0.15, 0.2) is 34.9 Å². The molecule has 0 aliphatic carbocycles. The minimum atomic E-state index is -0.231. The van der Waals surface area contributed by atoms with Crippen LogP contribution in [0.3, 0.4) is 0 Å². The summed E-state index contributed by atoms with van der Waals surface area (Å²) < 4.78 is 15.5. The largest absolute Gasteiger partial charge is 0.310 e. The summed E-state index contributed by atoms with van der Waals surface area (Å²) in [7, 11) is 1.94. The molecule has 5 heteroatoms. The Bertz CT molecular complexity index is 553. The lowest BCUT2D eigenvalue weighted by atomic mass is 10.1. The van der Waals surface area contributed by atoms with Gasteiger partial charge in [-0.2, -0.15) is 5.10 Å². The third-order valence-electron chi connectivity index (χ3n) is 3.20. The first kappa shape index (κ1) is 14.2. The molecule has 1 aromatic carbocycles. The van der Waals surface area contributed by atoms with Crippen LogP contribution < -0.4 is 5.32 Å². The fourth-order valence-corrected chi connectivity index (χ4v) is 2.36. The number of aromatic nitrogens is 2. The Labute approximate surface area is 121 Å². The van der Waals surface area contributed by atoms with Crippen LogP contribution in [-0.2, 0) is 13.5 Å². The van der Waals surface area contributed by atoms with E-state index in [1.807, 2.05) is 29.9 Å². The zero-order valence-electron chi connectivity index (χ0n) is 11.0. The molecule has 0 aliphatic rings. The summed E-state index contributed by atoms with van der Waals surface area (Å²) in [6.07, 6.45) is 2.72. The Morgan fingerprint density at radius 1 is 1.42 bits per heavy atom. The van der Waals surface area contributed by atoms with Gasteiger partial charge in [0, 0.05) is 37.9 Å². The van der Waals surface area contributed by atoms with Crippen molar-refractivity contribution in [3.05, 3.63) is 52.0 Å². The van der Waals surface area contributed by atoms with Gasteiger partial charge >= 0.3 is 0 Å².